The predicted octanol–water partition coefficient (Wildman–Crippen LogP) is 0.279. The van der Waals surface area contributed by atoms with Gasteiger partial charge in [0.05, 0.1) is 18.1 Å². The first-order valence-electron chi connectivity index (χ1n) is 6.95. The Morgan fingerprint density at radius 1 is 1.30 bits per heavy atom. The summed E-state index contributed by atoms with van der Waals surface area (Å²) < 4.78 is 23.0. The zero-order chi connectivity index (χ0) is 15.5. The molecule has 0 aromatic heterocycles. The van der Waals surface area contributed by atoms with E-state index < -0.39 is 9.84 Å². The van der Waals surface area contributed by atoms with Gasteiger partial charge in [0.1, 0.15) is 0 Å². The Labute approximate surface area is 121 Å². The first-order chi connectivity index (χ1) is 9.18. The smallest absolute Gasteiger partial charge is 0.242 e. The Bertz CT molecular complexity index is 473. The van der Waals surface area contributed by atoms with Crippen molar-refractivity contribution in [3.05, 3.63) is 0 Å². The van der Waals surface area contributed by atoms with Gasteiger partial charge in [0.2, 0.25) is 11.8 Å². The van der Waals surface area contributed by atoms with Crippen molar-refractivity contribution in [2.75, 3.05) is 24.6 Å². The van der Waals surface area contributed by atoms with E-state index in [4.69, 9.17) is 0 Å². The van der Waals surface area contributed by atoms with Gasteiger partial charge in [-0.25, -0.2) is 8.42 Å². The van der Waals surface area contributed by atoms with Crippen LogP contribution in [0.2, 0.25) is 0 Å². The standard InChI is InChI=1S/C13H24N2O4S/c1-5-14(12-6-7-20(18,19)9-12)13(17)8-15(10(2)3)11(4)16/h10,12H,5-9H2,1-4H3. The lowest BCUT2D eigenvalue weighted by molar-refractivity contribution is -0.141. The topological polar surface area (TPSA) is 74.8 Å². The van der Waals surface area contributed by atoms with Crippen LogP contribution in [-0.4, -0.2) is 66.7 Å². The number of carbonyl (C=O) groups excluding carboxylic acids is 2. The number of amides is 2. The maximum absolute atomic E-state index is 12.3. The molecule has 0 aromatic carbocycles. The number of hydrogen-bond acceptors (Lipinski definition) is 4. The molecule has 1 heterocycles. The minimum Gasteiger partial charge on any atom is -0.337 e. The van der Waals surface area contributed by atoms with Crippen molar-refractivity contribution >= 4 is 21.7 Å². The van der Waals surface area contributed by atoms with Gasteiger partial charge in [-0.05, 0) is 27.2 Å². The summed E-state index contributed by atoms with van der Waals surface area (Å²) in [5.41, 5.74) is 0. The van der Waals surface area contributed by atoms with Crippen molar-refractivity contribution in [2.45, 2.75) is 46.2 Å². The molecule has 1 fully saturated rings. The zero-order valence-corrected chi connectivity index (χ0v) is 13.4. The van der Waals surface area contributed by atoms with Crippen molar-refractivity contribution in [3.8, 4) is 0 Å². The van der Waals surface area contributed by atoms with Gasteiger partial charge < -0.3 is 9.80 Å². The van der Waals surface area contributed by atoms with Crippen LogP contribution in [0.3, 0.4) is 0 Å². The molecule has 1 aliphatic rings. The van der Waals surface area contributed by atoms with E-state index in [0.29, 0.717) is 13.0 Å². The number of carbonyl (C=O) groups is 2. The van der Waals surface area contributed by atoms with Crippen molar-refractivity contribution in [2.24, 2.45) is 0 Å². The van der Waals surface area contributed by atoms with E-state index in [2.05, 4.69) is 0 Å². The SMILES string of the molecule is CCN(C(=O)CN(C(C)=O)C(C)C)C1CCS(=O)(=O)C1. The summed E-state index contributed by atoms with van der Waals surface area (Å²) in [6.07, 6.45) is 0.490. The summed E-state index contributed by atoms with van der Waals surface area (Å²) in [5.74, 6) is -0.155. The van der Waals surface area contributed by atoms with Crippen LogP contribution in [0, 0.1) is 0 Å². The molecule has 1 rings (SSSR count). The highest BCUT2D eigenvalue weighted by molar-refractivity contribution is 7.91. The van der Waals surface area contributed by atoms with E-state index >= 15 is 0 Å². The minimum atomic E-state index is -3.02. The Kier molecular flexibility index (Phi) is 5.56. The van der Waals surface area contributed by atoms with Gasteiger partial charge in [-0.1, -0.05) is 0 Å². The molecule has 0 aromatic rings. The van der Waals surface area contributed by atoms with Crippen LogP contribution in [0.15, 0.2) is 0 Å². The van der Waals surface area contributed by atoms with Crippen LogP contribution in [0.25, 0.3) is 0 Å². The van der Waals surface area contributed by atoms with Crippen molar-refractivity contribution in [1.82, 2.24) is 9.80 Å². The number of sulfone groups is 1. The Morgan fingerprint density at radius 2 is 1.90 bits per heavy atom. The normalized spacial score (nSPS) is 20.9. The molecule has 0 aliphatic carbocycles. The molecular weight excluding hydrogens is 280 g/mol. The van der Waals surface area contributed by atoms with Gasteiger partial charge in [0.25, 0.3) is 0 Å². The largest absolute Gasteiger partial charge is 0.337 e. The quantitative estimate of drug-likeness (QED) is 0.731. The summed E-state index contributed by atoms with van der Waals surface area (Å²) in [5, 5.41) is 0. The number of hydrogen-bond donors (Lipinski definition) is 0. The summed E-state index contributed by atoms with van der Waals surface area (Å²) in [4.78, 5) is 26.9. The third-order valence-electron chi connectivity index (χ3n) is 3.64. The van der Waals surface area contributed by atoms with Crippen molar-refractivity contribution in [3.63, 3.8) is 0 Å². The minimum absolute atomic E-state index is 0.0113. The van der Waals surface area contributed by atoms with Crippen LogP contribution in [0.4, 0.5) is 0 Å². The zero-order valence-electron chi connectivity index (χ0n) is 12.6. The first kappa shape index (κ1) is 16.9. The lowest BCUT2D eigenvalue weighted by atomic mass is 10.2. The Balaban J connectivity index is 2.75. The van der Waals surface area contributed by atoms with E-state index in [9.17, 15) is 18.0 Å². The van der Waals surface area contributed by atoms with Gasteiger partial charge in [-0.3, -0.25) is 9.59 Å². The molecule has 1 saturated heterocycles. The predicted molar refractivity (Wildman–Crippen MR) is 77.0 cm³/mol. The molecule has 6 nitrogen and oxygen atoms in total. The van der Waals surface area contributed by atoms with Crippen LogP contribution >= 0.6 is 0 Å². The molecule has 0 spiro atoms. The molecule has 2 amide bonds. The molecule has 0 radical (unpaired) electrons. The third kappa shape index (κ3) is 4.19. The van der Waals surface area contributed by atoms with Gasteiger partial charge in [-0.15, -0.1) is 0 Å². The highest BCUT2D eigenvalue weighted by Gasteiger charge is 2.34. The fourth-order valence-corrected chi connectivity index (χ4v) is 4.28. The molecule has 0 N–H and O–H groups in total. The highest BCUT2D eigenvalue weighted by atomic mass is 32.2. The molecule has 0 saturated carbocycles. The second-order valence-electron chi connectivity index (χ2n) is 5.48. The van der Waals surface area contributed by atoms with Gasteiger partial charge in [-0.2, -0.15) is 0 Å². The second-order valence-corrected chi connectivity index (χ2v) is 7.71. The maximum atomic E-state index is 12.3. The average molecular weight is 304 g/mol. The number of nitrogens with zero attached hydrogens (tertiary/aromatic N) is 2. The molecule has 1 atom stereocenters. The second kappa shape index (κ2) is 6.56. The average Bonchev–Trinajstić information content (AvgIpc) is 2.66. The van der Waals surface area contributed by atoms with Gasteiger partial charge in [0, 0.05) is 25.6 Å². The molecule has 20 heavy (non-hydrogen) atoms. The van der Waals surface area contributed by atoms with Crippen LogP contribution < -0.4 is 0 Å². The van der Waals surface area contributed by atoms with Crippen LogP contribution in [0.5, 0.6) is 0 Å². The van der Waals surface area contributed by atoms with Crippen LogP contribution in [0.1, 0.15) is 34.1 Å². The van der Waals surface area contributed by atoms with Crippen molar-refractivity contribution < 1.29 is 18.0 Å². The van der Waals surface area contributed by atoms with Gasteiger partial charge >= 0.3 is 0 Å². The Hall–Kier alpha value is -1.11. The van der Waals surface area contributed by atoms with Crippen LogP contribution in [-0.2, 0) is 19.4 Å². The van der Waals surface area contributed by atoms with E-state index in [1.807, 2.05) is 20.8 Å². The number of likely N-dealkylation sites (N-methyl/N-ethyl adjacent to an activating group) is 1. The number of rotatable bonds is 5. The van der Waals surface area contributed by atoms with Crippen molar-refractivity contribution in [1.29, 1.82) is 0 Å². The molecule has 116 valence electrons. The van der Waals surface area contributed by atoms with E-state index in [-0.39, 0.29) is 41.9 Å². The fourth-order valence-electron chi connectivity index (χ4n) is 2.55. The molecule has 1 aliphatic heterocycles. The van der Waals surface area contributed by atoms with E-state index in [1.165, 1.54) is 11.8 Å². The molecule has 7 heteroatoms. The summed E-state index contributed by atoms with van der Waals surface area (Å²) in [6, 6.07) is -0.305. The maximum Gasteiger partial charge on any atom is 0.242 e. The van der Waals surface area contributed by atoms with E-state index in [1.54, 1.807) is 4.90 Å². The molecule has 1 unspecified atom stereocenters. The summed E-state index contributed by atoms with van der Waals surface area (Å²) in [7, 11) is -3.02. The third-order valence-corrected chi connectivity index (χ3v) is 5.39. The fraction of sp³-hybridized carbons (Fsp3) is 0.846. The summed E-state index contributed by atoms with van der Waals surface area (Å²) >= 11 is 0. The monoisotopic (exact) mass is 304 g/mol. The lowest BCUT2D eigenvalue weighted by Crippen LogP contribution is -2.48. The highest BCUT2D eigenvalue weighted by Crippen LogP contribution is 2.18. The molecule has 0 bridgehead atoms. The Morgan fingerprint density at radius 3 is 2.25 bits per heavy atom. The summed E-state index contributed by atoms with van der Waals surface area (Å²) in [6.45, 7) is 7.44. The van der Waals surface area contributed by atoms with E-state index in [0.717, 1.165) is 0 Å². The molecular formula is C13H24N2O4S. The lowest BCUT2D eigenvalue weighted by Gasteiger charge is -2.31. The van der Waals surface area contributed by atoms with Gasteiger partial charge in [0.15, 0.2) is 9.84 Å². The first-order valence-corrected chi connectivity index (χ1v) is 8.77.